The first kappa shape index (κ1) is 10.1. The zero-order chi connectivity index (χ0) is 10.3. The minimum absolute atomic E-state index is 0.211. The number of aryl methyl sites for hydroxylation is 1. The van der Waals surface area contributed by atoms with Crippen molar-refractivity contribution in [3.63, 3.8) is 0 Å². The fraction of sp³-hybridized carbons (Fsp3) is 0.600. The second-order valence-electron chi connectivity index (χ2n) is 4.11. The van der Waals surface area contributed by atoms with E-state index in [-0.39, 0.29) is 5.41 Å². The van der Waals surface area contributed by atoms with Gasteiger partial charge in [-0.25, -0.2) is 9.97 Å². The normalized spacial score (nSPS) is 18.2. The first-order valence-electron chi connectivity index (χ1n) is 4.89. The summed E-state index contributed by atoms with van der Waals surface area (Å²) in [6.45, 7) is 4.30. The van der Waals surface area contributed by atoms with Gasteiger partial charge < -0.3 is 5.73 Å². The standard InChI is InChI=1S/C10H14IN3/c1-3-6-7(11)8(12)14-9(13-6)10(2)4-5-10/h3-5H2,1-2H3,(H2,12,13,14). The Balaban J connectivity index is 2.48. The molecule has 1 fully saturated rings. The number of nitrogens with two attached hydrogens (primary N) is 1. The Kier molecular flexibility index (Phi) is 2.41. The first-order chi connectivity index (χ1) is 6.57. The Morgan fingerprint density at radius 2 is 2.07 bits per heavy atom. The van der Waals surface area contributed by atoms with E-state index >= 15 is 0 Å². The Morgan fingerprint density at radius 3 is 2.57 bits per heavy atom. The van der Waals surface area contributed by atoms with E-state index in [1.165, 1.54) is 12.8 Å². The Bertz CT molecular complexity index is 372. The summed E-state index contributed by atoms with van der Waals surface area (Å²) in [5, 5.41) is 0. The third-order valence-electron chi connectivity index (χ3n) is 2.82. The molecule has 0 bridgehead atoms. The van der Waals surface area contributed by atoms with E-state index in [9.17, 15) is 0 Å². The highest BCUT2D eigenvalue weighted by molar-refractivity contribution is 14.1. The van der Waals surface area contributed by atoms with Crippen LogP contribution in [0.3, 0.4) is 0 Å². The quantitative estimate of drug-likeness (QED) is 0.853. The van der Waals surface area contributed by atoms with E-state index in [1.54, 1.807) is 0 Å². The third kappa shape index (κ3) is 1.60. The molecule has 1 aliphatic rings. The molecule has 1 saturated carbocycles. The summed E-state index contributed by atoms with van der Waals surface area (Å²) in [5.74, 6) is 1.58. The molecule has 14 heavy (non-hydrogen) atoms. The second kappa shape index (κ2) is 3.32. The summed E-state index contributed by atoms with van der Waals surface area (Å²) in [4.78, 5) is 8.96. The lowest BCUT2D eigenvalue weighted by Crippen LogP contribution is -2.12. The average molecular weight is 303 g/mol. The van der Waals surface area contributed by atoms with Crippen LogP contribution in [-0.4, -0.2) is 9.97 Å². The van der Waals surface area contributed by atoms with Crippen molar-refractivity contribution in [3.8, 4) is 0 Å². The molecular formula is C10H14IN3. The van der Waals surface area contributed by atoms with E-state index in [4.69, 9.17) is 5.73 Å². The lowest BCUT2D eigenvalue weighted by Gasteiger charge is -2.11. The van der Waals surface area contributed by atoms with Crippen LogP contribution in [0.5, 0.6) is 0 Å². The number of anilines is 1. The molecule has 2 N–H and O–H groups in total. The molecule has 4 heteroatoms. The van der Waals surface area contributed by atoms with Gasteiger partial charge in [0.15, 0.2) is 0 Å². The second-order valence-corrected chi connectivity index (χ2v) is 5.19. The predicted octanol–water partition coefficient (Wildman–Crippen LogP) is 2.28. The van der Waals surface area contributed by atoms with E-state index in [2.05, 4.69) is 46.4 Å². The molecule has 0 aliphatic heterocycles. The maximum atomic E-state index is 5.86. The summed E-state index contributed by atoms with van der Waals surface area (Å²) < 4.78 is 1.01. The molecule has 2 rings (SSSR count). The largest absolute Gasteiger partial charge is 0.383 e. The van der Waals surface area contributed by atoms with Gasteiger partial charge in [-0.1, -0.05) is 13.8 Å². The molecule has 3 nitrogen and oxygen atoms in total. The molecule has 1 aromatic rings. The number of hydrogen-bond acceptors (Lipinski definition) is 3. The fourth-order valence-electron chi connectivity index (χ4n) is 1.43. The van der Waals surface area contributed by atoms with Gasteiger partial charge in [-0.05, 0) is 41.9 Å². The SMILES string of the molecule is CCc1nc(C2(C)CC2)nc(N)c1I. The number of rotatable bonds is 2. The first-order valence-corrected chi connectivity index (χ1v) is 5.97. The third-order valence-corrected chi connectivity index (χ3v) is 4.00. The van der Waals surface area contributed by atoms with Crippen molar-refractivity contribution in [1.82, 2.24) is 9.97 Å². The van der Waals surface area contributed by atoms with Gasteiger partial charge in [0.25, 0.3) is 0 Å². The van der Waals surface area contributed by atoms with Gasteiger partial charge in [0.2, 0.25) is 0 Å². The molecule has 0 radical (unpaired) electrons. The lowest BCUT2D eigenvalue weighted by atomic mass is 10.1. The van der Waals surface area contributed by atoms with E-state index in [1.807, 2.05) is 0 Å². The summed E-state index contributed by atoms with van der Waals surface area (Å²) in [6, 6.07) is 0. The van der Waals surface area contributed by atoms with Crippen molar-refractivity contribution in [2.75, 3.05) is 5.73 Å². The molecule has 1 aliphatic carbocycles. The van der Waals surface area contributed by atoms with E-state index in [0.29, 0.717) is 5.82 Å². The highest BCUT2D eigenvalue weighted by Gasteiger charge is 2.42. The number of hydrogen-bond donors (Lipinski definition) is 1. The Hall–Kier alpha value is -0.390. The van der Waals surface area contributed by atoms with Crippen LogP contribution in [-0.2, 0) is 11.8 Å². The van der Waals surface area contributed by atoms with Crippen LogP contribution in [0.4, 0.5) is 5.82 Å². The van der Waals surface area contributed by atoms with Crippen LogP contribution in [0, 0.1) is 3.57 Å². The lowest BCUT2D eigenvalue weighted by molar-refractivity contribution is 0.698. The number of nitrogens with zero attached hydrogens (tertiary/aromatic N) is 2. The fourth-order valence-corrected chi connectivity index (χ4v) is 2.05. The summed E-state index contributed by atoms with van der Waals surface area (Å²) in [5.41, 5.74) is 7.16. The smallest absolute Gasteiger partial charge is 0.140 e. The van der Waals surface area contributed by atoms with Crippen molar-refractivity contribution in [2.24, 2.45) is 0 Å². The van der Waals surface area contributed by atoms with Crippen molar-refractivity contribution in [2.45, 2.75) is 38.5 Å². The van der Waals surface area contributed by atoms with Crippen LogP contribution >= 0.6 is 22.6 Å². The molecule has 0 saturated heterocycles. The van der Waals surface area contributed by atoms with Gasteiger partial charge in [0, 0.05) is 5.41 Å². The van der Waals surface area contributed by atoms with Gasteiger partial charge in [0.1, 0.15) is 11.6 Å². The number of nitrogen functional groups attached to an aromatic ring is 1. The molecule has 0 unspecified atom stereocenters. The van der Waals surface area contributed by atoms with Crippen molar-refractivity contribution in [3.05, 3.63) is 15.1 Å². The van der Waals surface area contributed by atoms with Gasteiger partial charge in [-0.2, -0.15) is 0 Å². The maximum Gasteiger partial charge on any atom is 0.140 e. The molecular weight excluding hydrogens is 289 g/mol. The van der Waals surface area contributed by atoms with Gasteiger partial charge in [-0.3, -0.25) is 0 Å². The topological polar surface area (TPSA) is 51.8 Å². The number of halogens is 1. The summed E-state index contributed by atoms with van der Waals surface area (Å²) >= 11 is 2.22. The molecule has 0 atom stereocenters. The van der Waals surface area contributed by atoms with Crippen LogP contribution in [0.2, 0.25) is 0 Å². The Morgan fingerprint density at radius 1 is 1.43 bits per heavy atom. The van der Waals surface area contributed by atoms with E-state index in [0.717, 1.165) is 21.5 Å². The van der Waals surface area contributed by atoms with Gasteiger partial charge >= 0.3 is 0 Å². The minimum atomic E-state index is 0.211. The highest BCUT2D eigenvalue weighted by atomic mass is 127. The zero-order valence-electron chi connectivity index (χ0n) is 8.47. The molecule has 0 spiro atoms. The van der Waals surface area contributed by atoms with Gasteiger partial charge in [-0.15, -0.1) is 0 Å². The van der Waals surface area contributed by atoms with Crippen molar-refractivity contribution in [1.29, 1.82) is 0 Å². The van der Waals surface area contributed by atoms with Gasteiger partial charge in [0.05, 0.1) is 9.26 Å². The molecule has 0 amide bonds. The molecule has 76 valence electrons. The maximum absolute atomic E-state index is 5.86. The van der Waals surface area contributed by atoms with Crippen LogP contribution in [0.1, 0.15) is 38.2 Å². The van der Waals surface area contributed by atoms with Crippen molar-refractivity contribution < 1.29 is 0 Å². The molecule has 0 aromatic carbocycles. The average Bonchev–Trinajstić information content (AvgIpc) is 2.89. The molecule has 1 heterocycles. The van der Waals surface area contributed by atoms with Crippen molar-refractivity contribution >= 4 is 28.4 Å². The molecule has 1 aromatic heterocycles. The number of aromatic nitrogens is 2. The van der Waals surface area contributed by atoms with Crippen LogP contribution in [0.25, 0.3) is 0 Å². The Labute approximate surface area is 97.7 Å². The summed E-state index contributed by atoms with van der Waals surface area (Å²) in [7, 11) is 0. The minimum Gasteiger partial charge on any atom is -0.383 e. The van der Waals surface area contributed by atoms with Crippen LogP contribution in [0.15, 0.2) is 0 Å². The van der Waals surface area contributed by atoms with Crippen LogP contribution < -0.4 is 5.73 Å². The highest BCUT2D eigenvalue weighted by Crippen LogP contribution is 2.46. The predicted molar refractivity (Wildman–Crippen MR) is 65.1 cm³/mol. The summed E-state index contributed by atoms with van der Waals surface area (Å²) in [6.07, 6.45) is 3.31. The monoisotopic (exact) mass is 303 g/mol. The van der Waals surface area contributed by atoms with E-state index < -0.39 is 0 Å². The zero-order valence-corrected chi connectivity index (χ0v) is 10.6.